The van der Waals surface area contributed by atoms with Crippen molar-refractivity contribution in [1.29, 1.82) is 0 Å². The number of carboxylic acid groups (broad SMARTS) is 1. The summed E-state index contributed by atoms with van der Waals surface area (Å²) in [5, 5.41) is 13.9. The standard InChI is InChI=1S/C16H16FNO3S/c1-3-12(10-4-6-11(17)7-5-10)14(19)18-15-13(16(20)21)9(2)8-22-15/h4-8,12H,3H2,1-2H3,(H,18,19)(H,20,21). The van der Waals surface area contributed by atoms with Crippen molar-refractivity contribution in [3.05, 3.63) is 52.2 Å². The number of nitrogens with one attached hydrogen (secondary N) is 1. The van der Waals surface area contributed by atoms with Gasteiger partial charge in [0.15, 0.2) is 0 Å². The van der Waals surface area contributed by atoms with E-state index in [0.717, 1.165) is 0 Å². The number of hydrogen-bond donors (Lipinski definition) is 2. The molecule has 0 fully saturated rings. The highest BCUT2D eigenvalue weighted by molar-refractivity contribution is 7.15. The topological polar surface area (TPSA) is 66.4 Å². The molecule has 0 aliphatic rings. The van der Waals surface area contributed by atoms with Crippen molar-refractivity contribution >= 4 is 28.2 Å². The zero-order valence-corrected chi connectivity index (χ0v) is 13.0. The van der Waals surface area contributed by atoms with Gasteiger partial charge in [0.05, 0.1) is 11.5 Å². The molecule has 2 aromatic rings. The van der Waals surface area contributed by atoms with E-state index in [-0.39, 0.29) is 17.3 Å². The molecule has 0 aliphatic carbocycles. The van der Waals surface area contributed by atoms with Gasteiger partial charge in [0.25, 0.3) is 0 Å². The number of anilines is 1. The average Bonchev–Trinajstić information content (AvgIpc) is 2.82. The third-order valence-electron chi connectivity index (χ3n) is 3.42. The third-order valence-corrected chi connectivity index (χ3v) is 4.44. The van der Waals surface area contributed by atoms with Crippen molar-refractivity contribution in [3.8, 4) is 0 Å². The van der Waals surface area contributed by atoms with E-state index in [2.05, 4.69) is 5.32 Å². The molecule has 6 heteroatoms. The van der Waals surface area contributed by atoms with Gasteiger partial charge in [-0.2, -0.15) is 0 Å². The Morgan fingerprint density at radius 3 is 2.50 bits per heavy atom. The Balaban J connectivity index is 2.23. The largest absolute Gasteiger partial charge is 0.478 e. The van der Waals surface area contributed by atoms with Crippen molar-refractivity contribution in [1.82, 2.24) is 0 Å². The second kappa shape index (κ2) is 6.70. The highest BCUT2D eigenvalue weighted by atomic mass is 32.1. The zero-order valence-electron chi connectivity index (χ0n) is 12.2. The molecule has 0 radical (unpaired) electrons. The van der Waals surface area contributed by atoms with Crippen LogP contribution < -0.4 is 5.32 Å². The molecule has 4 nitrogen and oxygen atoms in total. The summed E-state index contributed by atoms with van der Waals surface area (Å²) in [5.74, 6) is -2.17. The summed E-state index contributed by atoms with van der Waals surface area (Å²) in [6, 6.07) is 5.76. The smallest absolute Gasteiger partial charge is 0.338 e. The van der Waals surface area contributed by atoms with Crippen molar-refractivity contribution in [2.45, 2.75) is 26.2 Å². The molecule has 1 atom stereocenters. The lowest BCUT2D eigenvalue weighted by atomic mass is 9.95. The first-order valence-corrected chi connectivity index (χ1v) is 7.69. The fraction of sp³-hybridized carbons (Fsp3) is 0.250. The van der Waals surface area contributed by atoms with Crippen LogP contribution in [0.1, 0.15) is 40.7 Å². The van der Waals surface area contributed by atoms with Gasteiger partial charge < -0.3 is 10.4 Å². The molecule has 0 bridgehead atoms. The minimum Gasteiger partial charge on any atom is -0.478 e. The number of carboxylic acids is 1. The van der Waals surface area contributed by atoms with Crippen LogP contribution in [0.25, 0.3) is 0 Å². The van der Waals surface area contributed by atoms with E-state index < -0.39 is 11.9 Å². The molecular formula is C16H16FNO3S. The van der Waals surface area contributed by atoms with Crippen molar-refractivity contribution in [3.63, 3.8) is 0 Å². The monoisotopic (exact) mass is 321 g/mol. The highest BCUT2D eigenvalue weighted by Gasteiger charge is 2.23. The number of benzene rings is 1. The second-order valence-corrected chi connectivity index (χ2v) is 5.81. The first-order chi connectivity index (χ1) is 10.4. The van der Waals surface area contributed by atoms with Crippen LogP contribution in [0.5, 0.6) is 0 Å². The third kappa shape index (κ3) is 3.33. The van der Waals surface area contributed by atoms with Gasteiger partial charge in [-0.3, -0.25) is 4.79 Å². The van der Waals surface area contributed by atoms with Crippen molar-refractivity contribution in [2.24, 2.45) is 0 Å². The van der Waals surface area contributed by atoms with Gasteiger partial charge in [-0.15, -0.1) is 11.3 Å². The Morgan fingerprint density at radius 1 is 1.32 bits per heavy atom. The van der Waals surface area contributed by atoms with Crippen LogP contribution in [0.2, 0.25) is 0 Å². The molecule has 22 heavy (non-hydrogen) atoms. The summed E-state index contributed by atoms with van der Waals surface area (Å²) >= 11 is 1.19. The summed E-state index contributed by atoms with van der Waals surface area (Å²) < 4.78 is 13.0. The SMILES string of the molecule is CCC(C(=O)Nc1scc(C)c1C(=O)O)c1ccc(F)cc1. The summed E-state index contributed by atoms with van der Waals surface area (Å²) in [6.45, 7) is 3.54. The van der Waals surface area contributed by atoms with Gasteiger partial charge in [0.2, 0.25) is 5.91 Å². The minimum absolute atomic E-state index is 0.118. The predicted octanol–water partition coefficient (Wildman–Crippen LogP) is 4.03. The number of carbonyl (C=O) groups excluding carboxylic acids is 1. The predicted molar refractivity (Wildman–Crippen MR) is 84.1 cm³/mol. The summed E-state index contributed by atoms with van der Waals surface area (Å²) in [7, 11) is 0. The number of amides is 1. The maximum absolute atomic E-state index is 13.0. The summed E-state index contributed by atoms with van der Waals surface area (Å²) in [5.41, 5.74) is 1.43. The molecule has 1 aromatic heterocycles. The van der Waals surface area contributed by atoms with Gasteiger partial charge >= 0.3 is 5.97 Å². The highest BCUT2D eigenvalue weighted by Crippen LogP contribution is 2.30. The molecule has 116 valence electrons. The van der Waals surface area contributed by atoms with E-state index >= 15 is 0 Å². The molecule has 1 amide bonds. The van der Waals surface area contributed by atoms with E-state index in [0.29, 0.717) is 22.5 Å². The zero-order chi connectivity index (χ0) is 16.3. The Hall–Kier alpha value is -2.21. The number of rotatable bonds is 5. The average molecular weight is 321 g/mol. The maximum Gasteiger partial charge on any atom is 0.338 e. The quantitative estimate of drug-likeness (QED) is 0.874. The molecule has 1 unspecified atom stereocenters. The van der Waals surface area contributed by atoms with Crippen LogP contribution in [-0.2, 0) is 4.79 Å². The molecule has 1 aromatic carbocycles. The first kappa shape index (κ1) is 16.2. The number of aryl methyl sites for hydroxylation is 1. The molecule has 0 aliphatic heterocycles. The van der Waals surface area contributed by atoms with Crippen molar-refractivity contribution < 1.29 is 19.1 Å². The van der Waals surface area contributed by atoms with E-state index in [1.165, 1.54) is 23.5 Å². The van der Waals surface area contributed by atoms with Crippen LogP contribution in [0, 0.1) is 12.7 Å². The Kier molecular flexibility index (Phi) is 4.92. The number of carbonyl (C=O) groups is 2. The number of halogens is 1. The number of aromatic carboxylic acids is 1. The molecule has 0 spiro atoms. The molecule has 2 N–H and O–H groups in total. The van der Waals surface area contributed by atoms with E-state index in [4.69, 9.17) is 0 Å². The first-order valence-electron chi connectivity index (χ1n) is 6.81. The Morgan fingerprint density at radius 2 is 1.95 bits per heavy atom. The van der Waals surface area contributed by atoms with Gasteiger partial charge in [-0.05, 0) is 42.0 Å². The van der Waals surface area contributed by atoms with Gasteiger partial charge in [0.1, 0.15) is 10.8 Å². The van der Waals surface area contributed by atoms with Crippen LogP contribution in [0.4, 0.5) is 9.39 Å². The van der Waals surface area contributed by atoms with Crippen molar-refractivity contribution in [2.75, 3.05) is 5.32 Å². The normalized spacial score (nSPS) is 12.0. The second-order valence-electron chi connectivity index (χ2n) is 4.93. The van der Waals surface area contributed by atoms with Gasteiger partial charge in [0, 0.05) is 0 Å². The molecule has 0 saturated heterocycles. The van der Waals surface area contributed by atoms with Crippen LogP contribution in [-0.4, -0.2) is 17.0 Å². The molecule has 2 rings (SSSR count). The molecule has 0 saturated carbocycles. The van der Waals surface area contributed by atoms with Gasteiger partial charge in [-0.25, -0.2) is 9.18 Å². The lowest BCUT2D eigenvalue weighted by Gasteiger charge is -2.15. The lowest BCUT2D eigenvalue weighted by molar-refractivity contribution is -0.117. The van der Waals surface area contributed by atoms with Crippen LogP contribution in [0.15, 0.2) is 29.6 Å². The van der Waals surface area contributed by atoms with E-state index in [1.54, 1.807) is 24.4 Å². The molecule has 1 heterocycles. The van der Waals surface area contributed by atoms with Gasteiger partial charge in [-0.1, -0.05) is 19.1 Å². The van der Waals surface area contributed by atoms with E-state index in [9.17, 15) is 19.1 Å². The van der Waals surface area contributed by atoms with Crippen LogP contribution >= 0.6 is 11.3 Å². The maximum atomic E-state index is 13.0. The van der Waals surface area contributed by atoms with E-state index in [1.807, 2.05) is 6.92 Å². The molecular weight excluding hydrogens is 305 g/mol. The fourth-order valence-corrected chi connectivity index (χ4v) is 3.21. The Labute approximate surface area is 131 Å². The number of thiophene rings is 1. The summed E-state index contributed by atoms with van der Waals surface area (Å²) in [4.78, 5) is 23.7. The fourth-order valence-electron chi connectivity index (χ4n) is 2.27. The summed E-state index contributed by atoms with van der Waals surface area (Å²) in [6.07, 6.45) is 0.532. The minimum atomic E-state index is -1.07. The van der Waals surface area contributed by atoms with Crippen LogP contribution in [0.3, 0.4) is 0 Å². The Bertz CT molecular complexity index is 694. The number of hydrogen-bond acceptors (Lipinski definition) is 3. The lowest BCUT2D eigenvalue weighted by Crippen LogP contribution is -2.21.